The minimum atomic E-state index is -0.591. The van der Waals surface area contributed by atoms with Crippen LogP contribution in [-0.4, -0.2) is 20.1 Å². The highest BCUT2D eigenvalue weighted by Gasteiger charge is 2.21. The first kappa shape index (κ1) is 15.9. The van der Waals surface area contributed by atoms with E-state index in [1.165, 1.54) is 5.56 Å². The van der Waals surface area contributed by atoms with Gasteiger partial charge in [0.1, 0.15) is 17.7 Å². The summed E-state index contributed by atoms with van der Waals surface area (Å²) in [5.74, 6) is 2.12. The molecule has 0 amide bonds. The molecule has 0 fully saturated rings. The summed E-state index contributed by atoms with van der Waals surface area (Å²) in [4.78, 5) is 13.6. The molecule has 5 nitrogen and oxygen atoms in total. The Hall–Kier alpha value is -2.01. The van der Waals surface area contributed by atoms with Gasteiger partial charge in [0.15, 0.2) is 5.82 Å². The number of aromatic nitrogens is 3. The third-order valence-corrected chi connectivity index (χ3v) is 4.24. The summed E-state index contributed by atoms with van der Waals surface area (Å²) in [6.07, 6.45) is 8.16. The predicted molar refractivity (Wildman–Crippen MR) is 90.7 cm³/mol. The number of hydrogen-bond donors (Lipinski definition) is 2. The molecular weight excluding hydrogens is 288 g/mol. The maximum absolute atomic E-state index is 10.4. The number of nitrogens with zero attached hydrogens (tertiary/aromatic N) is 3. The van der Waals surface area contributed by atoms with Crippen molar-refractivity contribution >= 4 is 11.6 Å². The molecule has 0 spiro atoms. The van der Waals surface area contributed by atoms with Crippen molar-refractivity contribution in [1.29, 1.82) is 0 Å². The number of aliphatic hydroxyl groups excluding tert-OH is 1. The number of aryl methyl sites for hydroxylation is 1. The van der Waals surface area contributed by atoms with E-state index < -0.39 is 6.10 Å². The van der Waals surface area contributed by atoms with E-state index in [2.05, 4.69) is 27.2 Å². The zero-order chi connectivity index (χ0) is 16.1. The topological polar surface area (TPSA) is 70.9 Å². The Balaban J connectivity index is 1.92. The van der Waals surface area contributed by atoms with E-state index in [-0.39, 0.29) is 0 Å². The van der Waals surface area contributed by atoms with Gasteiger partial charge >= 0.3 is 0 Å². The van der Waals surface area contributed by atoms with Crippen molar-refractivity contribution in [3.8, 4) is 0 Å². The van der Waals surface area contributed by atoms with Crippen LogP contribution in [0.25, 0.3) is 0 Å². The van der Waals surface area contributed by atoms with E-state index in [1.807, 2.05) is 18.2 Å². The number of nitrogens with one attached hydrogen (secondary N) is 1. The molecule has 2 N–H and O–H groups in total. The van der Waals surface area contributed by atoms with Crippen molar-refractivity contribution in [1.82, 2.24) is 15.0 Å². The van der Waals surface area contributed by atoms with Crippen molar-refractivity contribution < 1.29 is 5.11 Å². The molecule has 2 heterocycles. The Morgan fingerprint density at radius 2 is 2.09 bits per heavy atom. The molecule has 5 heteroatoms. The monoisotopic (exact) mass is 312 g/mol. The van der Waals surface area contributed by atoms with E-state index in [4.69, 9.17) is 0 Å². The highest BCUT2D eigenvalue weighted by atomic mass is 16.3. The summed E-state index contributed by atoms with van der Waals surface area (Å²) in [6, 6.07) is 5.76. The minimum Gasteiger partial charge on any atom is -0.385 e. The van der Waals surface area contributed by atoms with Gasteiger partial charge in [-0.25, -0.2) is 15.0 Å². The Kier molecular flexibility index (Phi) is 5.18. The lowest BCUT2D eigenvalue weighted by atomic mass is 9.96. The van der Waals surface area contributed by atoms with E-state index in [9.17, 15) is 5.11 Å². The molecule has 1 atom stereocenters. The largest absolute Gasteiger partial charge is 0.385 e. The molecule has 2 aromatic rings. The quantitative estimate of drug-likeness (QED) is 0.850. The average Bonchev–Trinajstić information content (AvgIpc) is 2.60. The fourth-order valence-electron chi connectivity index (χ4n) is 2.95. The summed E-state index contributed by atoms with van der Waals surface area (Å²) in [5, 5.41) is 13.7. The summed E-state index contributed by atoms with van der Waals surface area (Å²) in [7, 11) is 0. The number of anilines is 2. The van der Waals surface area contributed by atoms with Gasteiger partial charge in [0, 0.05) is 17.5 Å². The fourth-order valence-corrected chi connectivity index (χ4v) is 2.95. The van der Waals surface area contributed by atoms with Crippen LogP contribution in [0.1, 0.15) is 62.2 Å². The number of pyridine rings is 1. The van der Waals surface area contributed by atoms with Gasteiger partial charge in [-0.1, -0.05) is 25.8 Å². The molecular formula is C18H24N4O. The number of rotatable bonds is 6. The molecule has 23 heavy (non-hydrogen) atoms. The van der Waals surface area contributed by atoms with Crippen LogP contribution >= 0.6 is 0 Å². The molecule has 2 aromatic heterocycles. The fraction of sp³-hybridized carbons (Fsp3) is 0.500. The van der Waals surface area contributed by atoms with Gasteiger partial charge in [-0.15, -0.1) is 0 Å². The summed E-state index contributed by atoms with van der Waals surface area (Å²) < 4.78 is 0. The standard InChI is InChI=1S/C18H24N4O/c1-2-3-10-15(23)18-20-14-9-5-4-8-13(14)17(22-18)21-16-11-6-7-12-19-16/h6-7,11-12,15,23H,2-5,8-10H2,1H3,(H,19,20,21,22). The summed E-state index contributed by atoms with van der Waals surface area (Å²) in [6.45, 7) is 2.12. The van der Waals surface area contributed by atoms with Gasteiger partial charge in [-0.3, -0.25) is 0 Å². The van der Waals surface area contributed by atoms with Crippen LogP contribution in [0.4, 0.5) is 11.6 Å². The molecule has 1 unspecified atom stereocenters. The minimum absolute atomic E-state index is 0.539. The third-order valence-electron chi connectivity index (χ3n) is 4.24. The second kappa shape index (κ2) is 7.51. The molecule has 1 aliphatic rings. The molecule has 122 valence electrons. The van der Waals surface area contributed by atoms with Crippen LogP contribution in [0.5, 0.6) is 0 Å². The molecule has 0 aromatic carbocycles. The summed E-state index contributed by atoms with van der Waals surface area (Å²) >= 11 is 0. The Labute approximate surface area is 137 Å². The van der Waals surface area contributed by atoms with Crippen molar-refractivity contribution in [3.05, 3.63) is 41.5 Å². The van der Waals surface area contributed by atoms with Crippen molar-refractivity contribution in [3.63, 3.8) is 0 Å². The lowest BCUT2D eigenvalue weighted by molar-refractivity contribution is 0.154. The highest BCUT2D eigenvalue weighted by molar-refractivity contribution is 5.57. The number of aliphatic hydroxyl groups is 1. The third kappa shape index (κ3) is 3.85. The maximum Gasteiger partial charge on any atom is 0.159 e. The Morgan fingerprint density at radius 1 is 1.22 bits per heavy atom. The highest BCUT2D eigenvalue weighted by Crippen LogP contribution is 2.29. The molecule has 0 bridgehead atoms. The van der Waals surface area contributed by atoms with Crippen LogP contribution in [0.3, 0.4) is 0 Å². The summed E-state index contributed by atoms with van der Waals surface area (Å²) in [5.41, 5.74) is 2.25. The van der Waals surface area contributed by atoms with Crippen LogP contribution < -0.4 is 5.32 Å². The van der Waals surface area contributed by atoms with E-state index in [1.54, 1.807) is 6.20 Å². The van der Waals surface area contributed by atoms with E-state index in [0.29, 0.717) is 12.2 Å². The molecule has 0 radical (unpaired) electrons. The van der Waals surface area contributed by atoms with E-state index >= 15 is 0 Å². The first-order valence-electron chi connectivity index (χ1n) is 8.53. The van der Waals surface area contributed by atoms with Gasteiger partial charge in [0.05, 0.1) is 0 Å². The van der Waals surface area contributed by atoms with Crippen molar-refractivity contribution in [2.24, 2.45) is 0 Å². The lowest BCUT2D eigenvalue weighted by Gasteiger charge is -2.21. The van der Waals surface area contributed by atoms with Crippen LogP contribution in [0, 0.1) is 0 Å². The Bertz CT molecular complexity index is 645. The molecule has 0 saturated heterocycles. The molecule has 0 saturated carbocycles. The van der Waals surface area contributed by atoms with Gasteiger partial charge in [-0.05, 0) is 44.2 Å². The van der Waals surface area contributed by atoms with Crippen LogP contribution in [0.15, 0.2) is 24.4 Å². The molecule has 3 rings (SSSR count). The SMILES string of the molecule is CCCCC(O)c1nc2c(c(Nc3ccccn3)n1)CCCC2. The van der Waals surface area contributed by atoms with Gasteiger partial charge < -0.3 is 10.4 Å². The van der Waals surface area contributed by atoms with Crippen molar-refractivity contribution in [2.75, 3.05) is 5.32 Å². The van der Waals surface area contributed by atoms with Gasteiger partial charge in [-0.2, -0.15) is 0 Å². The number of unbranched alkanes of at least 4 members (excludes halogenated alkanes) is 1. The van der Waals surface area contributed by atoms with E-state index in [0.717, 1.165) is 55.9 Å². The maximum atomic E-state index is 10.4. The number of hydrogen-bond acceptors (Lipinski definition) is 5. The molecule has 1 aliphatic carbocycles. The normalized spacial score (nSPS) is 15.0. The van der Waals surface area contributed by atoms with Crippen LogP contribution in [-0.2, 0) is 12.8 Å². The first-order chi connectivity index (χ1) is 11.3. The second-order valence-corrected chi connectivity index (χ2v) is 6.06. The Morgan fingerprint density at radius 3 is 2.87 bits per heavy atom. The zero-order valence-electron chi connectivity index (χ0n) is 13.6. The van der Waals surface area contributed by atoms with Gasteiger partial charge in [0.2, 0.25) is 0 Å². The lowest BCUT2D eigenvalue weighted by Crippen LogP contribution is -2.15. The number of fused-ring (bicyclic) bond motifs is 1. The smallest absolute Gasteiger partial charge is 0.159 e. The first-order valence-corrected chi connectivity index (χ1v) is 8.53. The predicted octanol–water partition coefficient (Wildman–Crippen LogP) is 3.72. The van der Waals surface area contributed by atoms with Crippen molar-refractivity contribution in [2.45, 2.75) is 58.0 Å². The van der Waals surface area contributed by atoms with Crippen LogP contribution in [0.2, 0.25) is 0 Å². The zero-order valence-corrected chi connectivity index (χ0v) is 13.6. The second-order valence-electron chi connectivity index (χ2n) is 6.06. The van der Waals surface area contributed by atoms with Gasteiger partial charge in [0.25, 0.3) is 0 Å². The average molecular weight is 312 g/mol. The molecule has 0 aliphatic heterocycles.